The zero-order valence-corrected chi connectivity index (χ0v) is 20.9. The quantitative estimate of drug-likeness (QED) is 0.435. The largest absolute Gasteiger partial charge is 0.492 e. The third kappa shape index (κ3) is 4.11. The fourth-order valence-corrected chi connectivity index (χ4v) is 5.23. The lowest BCUT2D eigenvalue weighted by atomic mass is 9.87. The molecule has 1 atom stereocenters. The lowest BCUT2D eigenvalue weighted by Gasteiger charge is -2.23. The first kappa shape index (κ1) is 22.7. The highest BCUT2D eigenvalue weighted by Crippen LogP contribution is 2.41. The molecule has 1 N–H and O–H groups in total. The van der Waals surface area contributed by atoms with Crippen molar-refractivity contribution in [3.63, 3.8) is 0 Å². The minimum atomic E-state index is 0.239. The lowest BCUT2D eigenvalue weighted by Crippen LogP contribution is -2.28. The van der Waals surface area contributed by atoms with Gasteiger partial charge in [0, 0.05) is 55.0 Å². The average Bonchev–Trinajstić information content (AvgIpc) is 3.62. The first-order chi connectivity index (χ1) is 17.5. The maximum atomic E-state index is 5.94. The number of aryl methyl sites for hydroxylation is 2. The standard InChI is InChI=1S/C26H30N8O2/c1-4-36-21-12-18(23-32-28-16-33(23)3)5-6-20(21)30-25-27-13-19-11-17(2)29-24(22(19)31-25)34-9-7-26(14-34)8-10-35-15-26/h5-6,11-13,16H,4,7-10,14-15H2,1-3H3,(H,27,30,31). The molecule has 0 saturated carbocycles. The van der Waals surface area contributed by atoms with Crippen LogP contribution in [0.2, 0.25) is 0 Å². The molecule has 1 unspecified atom stereocenters. The van der Waals surface area contributed by atoms with Gasteiger partial charge in [0.2, 0.25) is 5.95 Å². The van der Waals surface area contributed by atoms with Crippen LogP contribution in [0.1, 0.15) is 25.5 Å². The number of ether oxygens (including phenoxy) is 2. The molecule has 2 aliphatic rings. The van der Waals surface area contributed by atoms with Crippen molar-refractivity contribution in [1.29, 1.82) is 0 Å². The smallest absolute Gasteiger partial charge is 0.227 e. The summed E-state index contributed by atoms with van der Waals surface area (Å²) in [6.45, 7) is 8.10. The van der Waals surface area contributed by atoms with Gasteiger partial charge < -0.3 is 24.3 Å². The van der Waals surface area contributed by atoms with Crippen molar-refractivity contribution in [3.8, 4) is 17.1 Å². The van der Waals surface area contributed by atoms with E-state index >= 15 is 0 Å². The van der Waals surface area contributed by atoms with Crippen LogP contribution in [-0.2, 0) is 11.8 Å². The third-order valence-corrected chi connectivity index (χ3v) is 7.10. The number of anilines is 3. The molecule has 0 bridgehead atoms. The predicted octanol–water partition coefficient (Wildman–Crippen LogP) is 3.89. The topological polar surface area (TPSA) is 103 Å². The van der Waals surface area contributed by atoms with Crippen molar-refractivity contribution in [2.24, 2.45) is 12.5 Å². The van der Waals surface area contributed by atoms with Crippen LogP contribution in [0.5, 0.6) is 5.75 Å². The molecule has 4 aromatic rings. The molecule has 0 aliphatic carbocycles. The second-order valence-corrected chi connectivity index (χ2v) is 9.73. The lowest BCUT2D eigenvalue weighted by molar-refractivity contribution is 0.160. The average molecular weight is 487 g/mol. The van der Waals surface area contributed by atoms with Crippen molar-refractivity contribution in [2.45, 2.75) is 26.7 Å². The molecule has 186 valence electrons. The Kier molecular flexibility index (Phi) is 5.67. The van der Waals surface area contributed by atoms with Gasteiger partial charge in [-0.25, -0.2) is 15.0 Å². The van der Waals surface area contributed by atoms with Crippen molar-refractivity contribution in [1.82, 2.24) is 29.7 Å². The van der Waals surface area contributed by atoms with Gasteiger partial charge in [0.25, 0.3) is 0 Å². The Morgan fingerprint density at radius 3 is 2.89 bits per heavy atom. The zero-order chi connectivity index (χ0) is 24.7. The van der Waals surface area contributed by atoms with Crippen molar-refractivity contribution >= 4 is 28.4 Å². The maximum Gasteiger partial charge on any atom is 0.227 e. The number of rotatable bonds is 6. The molecule has 2 saturated heterocycles. The van der Waals surface area contributed by atoms with E-state index in [1.54, 1.807) is 6.33 Å². The summed E-state index contributed by atoms with van der Waals surface area (Å²) in [6.07, 6.45) is 5.77. The summed E-state index contributed by atoms with van der Waals surface area (Å²) in [6, 6.07) is 7.94. The van der Waals surface area contributed by atoms with Crippen molar-refractivity contribution < 1.29 is 9.47 Å². The van der Waals surface area contributed by atoms with Gasteiger partial charge in [-0.2, -0.15) is 0 Å². The Morgan fingerprint density at radius 1 is 1.19 bits per heavy atom. The molecular weight excluding hydrogens is 456 g/mol. The Morgan fingerprint density at radius 2 is 2.11 bits per heavy atom. The Bertz CT molecular complexity index is 1410. The van der Waals surface area contributed by atoms with E-state index in [-0.39, 0.29) is 5.41 Å². The number of pyridine rings is 1. The van der Waals surface area contributed by atoms with E-state index in [0.29, 0.717) is 18.3 Å². The molecule has 1 aromatic carbocycles. The normalized spacial score (nSPS) is 19.5. The van der Waals surface area contributed by atoms with Gasteiger partial charge in [-0.15, -0.1) is 10.2 Å². The van der Waals surface area contributed by atoms with E-state index in [4.69, 9.17) is 19.4 Å². The van der Waals surface area contributed by atoms with Gasteiger partial charge in [-0.1, -0.05) is 0 Å². The van der Waals surface area contributed by atoms with Crippen LogP contribution < -0.4 is 15.0 Å². The molecule has 10 heteroatoms. The first-order valence-corrected chi connectivity index (χ1v) is 12.4. The molecule has 10 nitrogen and oxygen atoms in total. The van der Waals surface area contributed by atoms with E-state index in [9.17, 15) is 0 Å². The van der Waals surface area contributed by atoms with Gasteiger partial charge in [0.15, 0.2) is 11.6 Å². The van der Waals surface area contributed by atoms with Crippen molar-refractivity contribution in [2.75, 3.05) is 43.1 Å². The van der Waals surface area contributed by atoms with Crippen LogP contribution in [0, 0.1) is 12.3 Å². The van der Waals surface area contributed by atoms with E-state index in [1.807, 2.05) is 55.9 Å². The zero-order valence-electron chi connectivity index (χ0n) is 20.9. The van der Waals surface area contributed by atoms with Gasteiger partial charge in [0.05, 0.1) is 18.9 Å². The highest BCUT2D eigenvalue weighted by molar-refractivity contribution is 5.89. The second-order valence-electron chi connectivity index (χ2n) is 9.73. The fourth-order valence-electron chi connectivity index (χ4n) is 5.23. The predicted molar refractivity (Wildman–Crippen MR) is 138 cm³/mol. The Hall–Kier alpha value is -3.79. The van der Waals surface area contributed by atoms with Gasteiger partial charge >= 0.3 is 0 Å². The summed E-state index contributed by atoms with van der Waals surface area (Å²) in [5, 5.41) is 12.5. The number of nitrogens with one attached hydrogen (secondary N) is 1. The summed E-state index contributed by atoms with van der Waals surface area (Å²) < 4.78 is 13.5. The molecule has 5 heterocycles. The van der Waals surface area contributed by atoms with Gasteiger partial charge in [-0.05, 0) is 51.0 Å². The van der Waals surface area contributed by atoms with Gasteiger partial charge in [0.1, 0.15) is 17.6 Å². The number of hydrogen-bond acceptors (Lipinski definition) is 9. The molecule has 2 aliphatic heterocycles. The summed E-state index contributed by atoms with van der Waals surface area (Å²) in [7, 11) is 1.92. The maximum absolute atomic E-state index is 5.94. The summed E-state index contributed by atoms with van der Waals surface area (Å²) in [5.74, 6) is 2.89. The number of nitrogens with zero attached hydrogens (tertiary/aromatic N) is 7. The second kappa shape index (κ2) is 9.02. The number of benzene rings is 1. The van der Waals surface area contributed by atoms with Gasteiger partial charge in [-0.3, -0.25) is 0 Å². The molecule has 0 radical (unpaired) electrons. The molecule has 2 fully saturated rings. The molecular formula is C26H30N8O2. The Labute approximate surface area is 209 Å². The SMILES string of the molecule is CCOc1cc(-c2nncn2C)ccc1Nc1ncc2cc(C)nc(N3CCC4(CCOC4)C3)c2n1. The van der Waals surface area contributed by atoms with Crippen LogP contribution >= 0.6 is 0 Å². The molecule has 1 spiro atoms. The monoisotopic (exact) mass is 486 g/mol. The van der Waals surface area contributed by atoms with Crippen LogP contribution in [0.3, 0.4) is 0 Å². The minimum Gasteiger partial charge on any atom is -0.492 e. The van der Waals surface area contributed by atoms with Crippen LogP contribution in [0.4, 0.5) is 17.5 Å². The Balaban J connectivity index is 1.34. The highest BCUT2D eigenvalue weighted by Gasteiger charge is 2.42. The molecule has 36 heavy (non-hydrogen) atoms. The number of fused-ring (bicyclic) bond motifs is 1. The minimum absolute atomic E-state index is 0.239. The van der Waals surface area contributed by atoms with E-state index < -0.39 is 0 Å². The fraction of sp³-hybridized carbons (Fsp3) is 0.423. The molecule has 3 aromatic heterocycles. The van der Waals surface area contributed by atoms with Crippen molar-refractivity contribution in [3.05, 3.63) is 42.5 Å². The van der Waals surface area contributed by atoms with Crippen LogP contribution in [0.25, 0.3) is 22.3 Å². The summed E-state index contributed by atoms with van der Waals surface area (Å²) in [5.41, 5.74) is 3.75. The summed E-state index contributed by atoms with van der Waals surface area (Å²) in [4.78, 5) is 16.8. The van der Waals surface area contributed by atoms with E-state index in [0.717, 1.165) is 78.6 Å². The molecule has 0 amide bonds. The highest BCUT2D eigenvalue weighted by atomic mass is 16.5. The summed E-state index contributed by atoms with van der Waals surface area (Å²) >= 11 is 0. The molecule has 6 rings (SSSR count). The van der Waals surface area contributed by atoms with E-state index in [1.165, 1.54) is 0 Å². The van der Waals surface area contributed by atoms with E-state index in [2.05, 4.69) is 25.4 Å². The first-order valence-electron chi connectivity index (χ1n) is 12.4. The third-order valence-electron chi connectivity index (χ3n) is 7.10. The van der Waals surface area contributed by atoms with Crippen LogP contribution in [0.15, 0.2) is 36.8 Å². The number of aromatic nitrogens is 6. The number of hydrogen-bond donors (Lipinski definition) is 1. The van der Waals surface area contributed by atoms with Crippen LogP contribution in [-0.4, -0.2) is 62.6 Å².